The number of aromatic nitrogens is 2. The summed E-state index contributed by atoms with van der Waals surface area (Å²) >= 11 is 3.27. The largest absolute Gasteiger partial charge is 0.316 e. The Hall–Kier alpha value is -2.48. The standard InChI is InChI=1S/C12H6BrN3O4/c13-8-4-5(16(19)20)3-7-6(8)1-2-9-10(7)15-12(18)11(17)14-9/h1-4H,(H,14,17)(H,15,18). The third kappa shape index (κ3) is 1.81. The van der Waals surface area contributed by atoms with Crippen molar-refractivity contribution < 1.29 is 4.92 Å². The van der Waals surface area contributed by atoms with Crippen LogP contribution in [0.1, 0.15) is 0 Å². The first-order chi connectivity index (χ1) is 9.47. The zero-order chi connectivity index (χ0) is 14.4. The molecule has 0 saturated carbocycles. The zero-order valence-electron chi connectivity index (χ0n) is 9.77. The molecule has 0 bridgehead atoms. The lowest BCUT2D eigenvalue weighted by Crippen LogP contribution is -2.28. The fourth-order valence-electron chi connectivity index (χ4n) is 2.07. The normalized spacial score (nSPS) is 11.1. The Bertz CT molecular complexity index is 990. The highest BCUT2D eigenvalue weighted by atomic mass is 79.9. The lowest BCUT2D eigenvalue weighted by Gasteiger charge is -2.05. The maximum absolute atomic E-state index is 11.4. The SMILES string of the molecule is O=c1[nH]c2ccc3c(Br)cc([N+](=O)[O-])cc3c2[nH]c1=O. The van der Waals surface area contributed by atoms with E-state index in [9.17, 15) is 19.7 Å². The lowest BCUT2D eigenvalue weighted by atomic mass is 10.1. The second kappa shape index (κ2) is 4.27. The Kier molecular flexibility index (Phi) is 2.68. The molecule has 0 aliphatic rings. The van der Waals surface area contributed by atoms with Crippen molar-refractivity contribution in [3.63, 3.8) is 0 Å². The number of nitrogens with one attached hydrogen (secondary N) is 2. The first kappa shape index (κ1) is 12.5. The van der Waals surface area contributed by atoms with E-state index in [0.717, 1.165) is 0 Å². The molecule has 2 N–H and O–H groups in total. The molecule has 8 heteroatoms. The smallest absolute Gasteiger partial charge is 0.314 e. The van der Waals surface area contributed by atoms with Crippen molar-refractivity contribution in [1.29, 1.82) is 0 Å². The number of benzene rings is 2. The van der Waals surface area contributed by atoms with E-state index in [1.807, 2.05) is 0 Å². The summed E-state index contributed by atoms with van der Waals surface area (Å²) < 4.78 is 0.538. The van der Waals surface area contributed by atoms with E-state index in [2.05, 4.69) is 25.9 Å². The number of nitrogens with zero attached hydrogens (tertiary/aromatic N) is 1. The van der Waals surface area contributed by atoms with E-state index in [-0.39, 0.29) is 5.69 Å². The molecule has 0 aliphatic heterocycles. The average Bonchev–Trinajstić information content (AvgIpc) is 2.40. The van der Waals surface area contributed by atoms with Gasteiger partial charge >= 0.3 is 11.1 Å². The third-order valence-corrected chi connectivity index (χ3v) is 3.63. The maximum atomic E-state index is 11.4. The summed E-state index contributed by atoms with van der Waals surface area (Å²) in [6.45, 7) is 0. The molecular formula is C12H6BrN3O4. The van der Waals surface area contributed by atoms with Crippen molar-refractivity contribution in [2.24, 2.45) is 0 Å². The van der Waals surface area contributed by atoms with E-state index < -0.39 is 16.0 Å². The van der Waals surface area contributed by atoms with Crippen LogP contribution in [0.2, 0.25) is 0 Å². The molecule has 7 nitrogen and oxygen atoms in total. The van der Waals surface area contributed by atoms with Gasteiger partial charge in [-0.1, -0.05) is 6.07 Å². The Morgan fingerprint density at radius 2 is 1.75 bits per heavy atom. The highest BCUT2D eigenvalue weighted by molar-refractivity contribution is 9.10. The molecule has 0 atom stereocenters. The topological polar surface area (TPSA) is 109 Å². The summed E-state index contributed by atoms with van der Waals surface area (Å²) in [6.07, 6.45) is 0. The van der Waals surface area contributed by atoms with Crippen LogP contribution in [0.3, 0.4) is 0 Å². The van der Waals surface area contributed by atoms with Crippen LogP contribution in [0, 0.1) is 10.1 Å². The van der Waals surface area contributed by atoms with Gasteiger partial charge in [0.25, 0.3) is 5.69 Å². The number of hydrogen-bond donors (Lipinski definition) is 2. The summed E-state index contributed by atoms with van der Waals surface area (Å²) in [5, 5.41) is 12.1. The second-order valence-electron chi connectivity index (χ2n) is 4.18. The average molecular weight is 336 g/mol. The quantitative estimate of drug-likeness (QED) is 0.307. The molecule has 2 aromatic carbocycles. The van der Waals surface area contributed by atoms with Gasteiger partial charge < -0.3 is 9.97 Å². The van der Waals surface area contributed by atoms with Crippen LogP contribution in [0.4, 0.5) is 5.69 Å². The molecule has 0 aliphatic carbocycles. The summed E-state index contributed by atoms with van der Waals surface area (Å²) in [5.41, 5.74) is -0.899. The molecule has 20 heavy (non-hydrogen) atoms. The minimum absolute atomic E-state index is 0.107. The van der Waals surface area contributed by atoms with Crippen molar-refractivity contribution >= 4 is 43.4 Å². The van der Waals surface area contributed by atoms with Crippen molar-refractivity contribution in [2.75, 3.05) is 0 Å². The predicted molar refractivity (Wildman–Crippen MR) is 77.0 cm³/mol. The van der Waals surface area contributed by atoms with Crippen molar-refractivity contribution in [3.05, 3.63) is 59.6 Å². The Morgan fingerprint density at radius 3 is 2.45 bits per heavy atom. The first-order valence-corrected chi connectivity index (χ1v) is 6.29. The van der Waals surface area contributed by atoms with Crippen LogP contribution in [0.25, 0.3) is 21.8 Å². The number of H-pyrrole nitrogens is 2. The van der Waals surface area contributed by atoms with E-state index in [1.165, 1.54) is 12.1 Å². The van der Waals surface area contributed by atoms with Crippen LogP contribution in [0.5, 0.6) is 0 Å². The first-order valence-electron chi connectivity index (χ1n) is 5.50. The van der Waals surface area contributed by atoms with Crippen molar-refractivity contribution in [3.8, 4) is 0 Å². The Balaban J connectivity index is 2.58. The summed E-state index contributed by atoms with van der Waals surface area (Å²) in [6, 6.07) is 6.08. The monoisotopic (exact) mass is 335 g/mol. The van der Waals surface area contributed by atoms with Gasteiger partial charge in [0.1, 0.15) is 0 Å². The van der Waals surface area contributed by atoms with Gasteiger partial charge in [0.2, 0.25) is 0 Å². The van der Waals surface area contributed by atoms with Gasteiger partial charge in [0.05, 0.1) is 16.0 Å². The minimum Gasteiger partial charge on any atom is -0.316 e. The molecular weight excluding hydrogens is 330 g/mol. The van der Waals surface area contributed by atoms with Gasteiger partial charge in [-0.15, -0.1) is 0 Å². The van der Waals surface area contributed by atoms with Gasteiger partial charge in [-0.2, -0.15) is 0 Å². The molecule has 1 heterocycles. The summed E-state index contributed by atoms with van der Waals surface area (Å²) in [4.78, 5) is 38.0. The number of rotatable bonds is 1. The number of fused-ring (bicyclic) bond motifs is 3. The van der Waals surface area contributed by atoms with Gasteiger partial charge in [0, 0.05) is 22.0 Å². The van der Waals surface area contributed by atoms with Crippen LogP contribution in [0.15, 0.2) is 38.3 Å². The fraction of sp³-hybridized carbons (Fsp3) is 0. The van der Waals surface area contributed by atoms with E-state index >= 15 is 0 Å². The molecule has 0 amide bonds. The molecule has 0 spiro atoms. The zero-order valence-corrected chi connectivity index (χ0v) is 11.4. The molecule has 0 radical (unpaired) electrons. The number of nitro groups is 1. The van der Waals surface area contributed by atoms with Gasteiger partial charge in [0.15, 0.2) is 0 Å². The van der Waals surface area contributed by atoms with Gasteiger partial charge in [-0.3, -0.25) is 19.7 Å². The van der Waals surface area contributed by atoms with E-state index in [0.29, 0.717) is 26.3 Å². The molecule has 100 valence electrons. The maximum Gasteiger partial charge on any atom is 0.314 e. The van der Waals surface area contributed by atoms with Crippen LogP contribution >= 0.6 is 15.9 Å². The number of non-ortho nitro benzene ring substituents is 1. The molecule has 3 rings (SSSR count). The van der Waals surface area contributed by atoms with E-state index in [4.69, 9.17) is 0 Å². The third-order valence-electron chi connectivity index (χ3n) is 2.97. The number of halogens is 1. The van der Waals surface area contributed by atoms with E-state index in [1.54, 1.807) is 12.1 Å². The van der Waals surface area contributed by atoms with Crippen molar-refractivity contribution in [1.82, 2.24) is 9.97 Å². The predicted octanol–water partition coefficient (Wildman–Crippen LogP) is 2.04. The molecule has 3 aromatic rings. The second-order valence-corrected chi connectivity index (χ2v) is 5.03. The highest BCUT2D eigenvalue weighted by Gasteiger charge is 2.13. The van der Waals surface area contributed by atoms with Crippen molar-refractivity contribution in [2.45, 2.75) is 0 Å². The van der Waals surface area contributed by atoms with Gasteiger partial charge in [-0.25, -0.2) is 0 Å². The minimum atomic E-state index is -0.798. The van der Waals surface area contributed by atoms with Gasteiger partial charge in [-0.05, 0) is 27.4 Å². The highest BCUT2D eigenvalue weighted by Crippen LogP contribution is 2.32. The number of nitro benzene ring substituents is 1. The lowest BCUT2D eigenvalue weighted by molar-refractivity contribution is -0.384. The number of aromatic amines is 2. The van der Waals surface area contributed by atoms with Crippen LogP contribution in [-0.4, -0.2) is 14.9 Å². The van der Waals surface area contributed by atoms with Crippen LogP contribution in [-0.2, 0) is 0 Å². The molecule has 0 fully saturated rings. The molecule has 0 saturated heterocycles. The molecule has 1 aromatic heterocycles. The Labute approximate surface area is 118 Å². The Morgan fingerprint density at radius 1 is 1.05 bits per heavy atom. The molecule has 0 unspecified atom stereocenters. The summed E-state index contributed by atoms with van der Waals surface area (Å²) in [5.74, 6) is 0. The number of hydrogen-bond acceptors (Lipinski definition) is 4. The summed E-state index contributed by atoms with van der Waals surface area (Å²) in [7, 11) is 0. The fourth-order valence-corrected chi connectivity index (χ4v) is 2.65. The van der Waals surface area contributed by atoms with Crippen LogP contribution < -0.4 is 11.1 Å².